The second-order valence-corrected chi connectivity index (χ2v) is 5.26. The van der Waals surface area contributed by atoms with E-state index in [1.165, 1.54) is 0 Å². The summed E-state index contributed by atoms with van der Waals surface area (Å²) in [6, 6.07) is 1.94. The molecule has 0 bridgehead atoms. The Bertz CT molecular complexity index is 373. The molecular weight excluding hydrogens is 238 g/mol. The molecule has 0 fully saturated rings. The number of hydrogen-bond acceptors (Lipinski definition) is 3. The number of aryl methyl sites for hydroxylation is 1. The molecule has 0 aliphatic carbocycles. The number of rotatable bonds is 8. The first-order valence-electron chi connectivity index (χ1n) is 7.49. The van der Waals surface area contributed by atoms with Crippen LogP contribution in [-0.4, -0.2) is 38.4 Å². The summed E-state index contributed by atoms with van der Waals surface area (Å²) in [5, 5.41) is 15.2. The molecule has 2 atom stereocenters. The molecule has 0 saturated heterocycles. The van der Waals surface area contributed by atoms with Crippen molar-refractivity contribution >= 4 is 0 Å². The molecule has 0 amide bonds. The van der Waals surface area contributed by atoms with Crippen LogP contribution in [0.2, 0.25) is 0 Å². The van der Waals surface area contributed by atoms with Crippen molar-refractivity contribution in [1.82, 2.24) is 14.7 Å². The minimum Gasteiger partial charge on any atom is -0.385 e. The molecule has 1 heterocycles. The lowest BCUT2D eigenvalue weighted by Crippen LogP contribution is -2.50. The van der Waals surface area contributed by atoms with Gasteiger partial charge in [0.15, 0.2) is 0 Å². The van der Waals surface area contributed by atoms with Crippen LogP contribution in [0, 0.1) is 0 Å². The molecule has 0 aliphatic heterocycles. The normalized spacial score (nSPS) is 16.6. The Labute approximate surface area is 117 Å². The summed E-state index contributed by atoms with van der Waals surface area (Å²) in [6.45, 7) is 13.5. The minimum absolute atomic E-state index is 0.241. The molecule has 2 unspecified atom stereocenters. The van der Waals surface area contributed by atoms with Gasteiger partial charge in [-0.2, -0.15) is 5.10 Å². The third-order valence-corrected chi connectivity index (χ3v) is 4.26. The topological polar surface area (TPSA) is 41.3 Å². The van der Waals surface area contributed by atoms with Crippen molar-refractivity contribution in [1.29, 1.82) is 0 Å². The van der Waals surface area contributed by atoms with Gasteiger partial charge < -0.3 is 5.11 Å². The highest BCUT2D eigenvalue weighted by Crippen LogP contribution is 2.34. The highest BCUT2D eigenvalue weighted by Gasteiger charge is 2.38. The molecule has 1 aromatic heterocycles. The number of aliphatic hydroxyl groups excluding tert-OH is 1. The maximum Gasteiger partial charge on any atom is 0.114 e. The van der Waals surface area contributed by atoms with Gasteiger partial charge in [-0.15, -0.1) is 0 Å². The zero-order chi connectivity index (χ0) is 14.5. The lowest BCUT2D eigenvalue weighted by atomic mass is 9.87. The van der Waals surface area contributed by atoms with Gasteiger partial charge >= 0.3 is 0 Å². The van der Waals surface area contributed by atoms with Gasteiger partial charge in [-0.3, -0.25) is 9.58 Å². The third kappa shape index (κ3) is 3.18. The average molecular weight is 267 g/mol. The van der Waals surface area contributed by atoms with Crippen LogP contribution in [0.1, 0.15) is 59.3 Å². The van der Waals surface area contributed by atoms with Crippen LogP contribution in [0.25, 0.3) is 0 Å². The minimum atomic E-state index is -0.508. The Morgan fingerprint density at radius 2 is 1.95 bits per heavy atom. The molecule has 4 heteroatoms. The smallest absolute Gasteiger partial charge is 0.114 e. The zero-order valence-corrected chi connectivity index (χ0v) is 13.1. The summed E-state index contributed by atoms with van der Waals surface area (Å²) >= 11 is 0. The molecule has 0 aliphatic rings. The van der Waals surface area contributed by atoms with Crippen LogP contribution in [0.4, 0.5) is 0 Å². The Balaban J connectivity index is 3.06. The summed E-state index contributed by atoms with van der Waals surface area (Å²) in [4.78, 5) is 2.33. The standard InChI is InChI=1S/C15H29N3O/c1-6-12-18-13(10-11-16-18)14(19)15(5,7-2)17(8-3)9-4/h10-11,14,19H,6-9,12H2,1-5H3. The van der Waals surface area contributed by atoms with Crippen molar-refractivity contribution in [3.63, 3.8) is 0 Å². The van der Waals surface area contributed by atoms with E-state index in [0.29, 0.717) is 0 Å². The predicted molar refractivity (Wildman–Crippen MR) is 79.1 cm³/mol. The van der Waals surface area contributed by atoms with Gasteiger partial charge in [-0.05, 0) is 38.9 Å². The largest absolute Gasteiger partial charge is 0.385 e. The van der Waals surface area contributed by atoms with E-state index in [-0.39, 0.29) is 5.54 Å². The van der Waals surface area contributed by atoms with E-state index in [1.54, 1.807) is 6.20 Å². The second kappa shape index (κ2) is 7.06. The van der Waals surface area contributed by atoms with Crippen LogP contribution < -0.4 is 0 Å². The van der Waals surface area contributed by atoms with Crippen LogP contribution in [0.15, 0.2) is 12.3 Å². The van der Waals surface area contributed by atoms with Crippen LogP contribution in [0.3, 0.4) is 0 Å². The first-order chi connectivity index (χ1) is 9.04. The first kappa shape index (κ1) is 16.2. The quantitative estimate of drug-likeness (QED) is 0.787. The van der Waals surface area contributed by atoms with Crippen LogP contribution in [0.5, 0.6) is 0 Å². The Morgan fingerprint density at radius 3 is 2.42 bits per heavy atom. The number of aromatic nitrogens is 2. The summed E-state index contributed by atoms with van der Waals surface area (Å²) in [5.41, 5.74) is 0.688. The van der Waals surface area contributed by atoms with E-state index in [4.69, 9.17) is 0 Å². The zero-order valence-electron chi connectivity index (χ0n) is 13.1. The van der Waals surface area contributed by atoms with Crippen molar-refractivity contribution in [2.75, 3.05) is 13.1 Å². The SMILES string of the molecule is CCCn1nccc1C(O)C(C)(CC)N(CC)CC. The van der Waals surface area contributed by atoms with Crippen molar-refractivity contribution in [3.8, 4) is 0 Å². The van der Waals surface area contributed by atoms with E-state index < -0.39 is 6.10 Å². The van der Waals surface area contributed by atoms with Crippen molar-refractivity contribution in [2.45, 2.75) is 65.6 Å². The maximum absolute atomic E-state index is 10.9. The van der Waals surface area contributed by atoms with E-state index in [1.807, 2.05) is 10.7 Å². The highest BCUT2D eigenvalue weighted by atomic mass is 16.3. The van der Waals surface area contributed by atoms with Crippen LogP contribution in [-0.2, 0) is 6.54 Å². The fourth-order valence-corrected chi connectivity index (χ4v) is 2.83. The maximum atomic E-state index is 10.9. The molecule has 0 saturated carbocycles. The Kier molecular flexibility index (Phi) is 6.01. The molecule has 1 aromatic rings. The van der Waals surface area contributed by atoms with Crippen molar-refractivity contribution < 1.29 is 5.11 Å². The fraction of sp³-hybridized carbons (Fsp3) is 0.800. The van der Waals surface area contributed by atoms with Crippen molar-refractivity contribution in [3.05, 3.63) is 18.0 Å². The lowest BCUT2D eigenvalue weighted by molar-refractivity contribution is -0.0259. The van der Waals surface area contributed by atoms with Gasteiger partial charge in [0, 0.05) is 18.3 Å². The Morgan fingerprint density at radius 1 is 1.32 bits per heavy atom. The molecule has 19 heavy (non-hydrogen) atoms. The summed E-state index contributed by atoms with van der Waals surface area (Å²) < 4.78 is 1.93. The lowest BCUT2D eigenvalue weighted by Gasteiger charge is -2.43. The molecule has 0 spiro atoms. The average Bonchev–Trinajstić information content (AvgIpc) is 2.87. The summed E-state index contributed by atoms with van der Waals surface area (Å²) in [6.07, 6.45) is 3.21. The van der Waals surface area contributed by atoms with Gasteiger partial charge in [-0.25, -0.2) is 0 Å². The van der Waals surface area contributed by atoms with E-state index in [9.17, 15) is 5.11 Å². The predicted octanol–water partition coefficient (Wildman–Crippen LogP) is 2.84. The summed E-state index contributed by atoms with van der Waals surface area (Å²) in [5.74, 6) is 0. The second-order valence-electron chi connectivity index (χ2n) is 5.26. The van der Waals surface area contributed by atoms with Crippen LogP contribution >= 0.6 is 0 Å². The molecule has 0 aromatic carbocycles. The van der Waals surface area contributed by atoms with Gasteiger partial charge in [0.05, 0.1) is 5.69 Å². The molecule has 4 nitrogen and oxygen atoms in total. The fourth-order valence-electron chi connectivity index (χ4n) is 2.83. The number of hydrogen-bond donors (Lipinski definition) is 1. The monoisotopic (exact) mass is 267 g/mol. The molecule has 1 rings (SSSR count). The van der Waals surface area contributed by atoms with E-state index >= 15 is 0 Å². The highest BCUT2D eigenvalue weighted by molar-refractivity contribution is 5.11. The van der Waals surface area contributed by atoms with Gasteiger partial charge in [0.25, 0.3) is 0 Å². The molecule has 1 N–H and O–H groups in total. The van der Waals surface area contributed by atoms with Gasteiger partial charge in [-0.1, -0.05) is 27.7 Å². The number of nitrogens with zero attached hydrogens (tertiary/aromatic N) is 3. The van der Waals surface area contributed by atoms with E-state index in [2.05, 4.69) is 44.6 Å². The first-order valence-corrected chi connectivity index (χ1v) is 7.49. The summed E-state index contributed by atoms with van der Waals surface area (Å²) in [7, 11) is 0. The molecule has 110 valence electrons. The number of aliphatic hydroxyl groups is 1. The van der Waals surface area contributed by atoms with Gasteiger partial charge in [0.2, 0.25) is 0 Å². The molecular formula is C15H29N3O. The number of likely N-dealkylation sites (N-methyl/N-ethyl adjacent to an activating group) is 1. The van der Waals surface area contributed by atoms with E-state index in [0.717, 1.165) is 38.2 Å². The van der Waals surface area contributed by atoms with Gasteiger partial charge in [0.1, 0.15) is 6.10 Å². The third-order valence-electron chi connectivity index (χ3n) is 4.26. The van der Waals surface area contributed by atoms with Crippen molar-refractivity contribution in [2.24, 2.45) is 0 Å². The Hall–Kier alpha value is -0.870. The molecule has 0 radical (unpaired) electrons.